The van der Waals surface area contributed by atoms with E-state index in [4.69, 9.17) is 14.2 Å². The van der Waals surface area contributed by atoms with E-state index in [0.717, 1.165) is 68.5 Å². The number of ether oxygens (including phenoxy) is 3. The number of likely N-dealkylation sites (tertiary alicyclic amines) is 2. The SMILES string of the molecule is COc1cc(CN2CCC[C@H]3OC[C@@H](NC(C)=O)[C@](C)(O)C[C@H]32)ccc1OCCN1CCC(C)CC1. The Hall–Kier alpha value is -1.87. The van der Waals surface area contributed by atoms with Crippen molar-refractivity contribution in [3.63, 3.8) is 0 Å². The van der Waals surface area contributed by atoms with Gasteiger partial charge in [0.1, 0.15) is 6.61 Å². The van der Waals surface area contributed by atoms with Crippen molar-refractivity contribution in [2.24, 2.45) is 5.92 Å². The molecule has 0 aromatic heterocycles. The molecular formula is C28H45N3O5. The quantitative estimate of drug-likeness (QED) is 0.564. The summed E-state index contributed by atoms with van der Waals surface area (Å²) in [6.45, 7) is 11.5. The average Bonchev–Trinajstić information content (AvgIpc) is 2.97. The number of hydrogen-bond acceptors (Lipinski definition) is 7. The Bertz CT molecular complexity index is 871. The number of amides is 1. The minimum Gasteiger partial charge on any atom is -0.493 e. The first-order chi connectivity index (χ1) is 17.2. The van der Waals surface area contributed by atoms with Gasteiger partial charge in [-0.1, -0.05) is 13.0 Å². The van der Waals surface area contributed by atoms with Crippen molar-refractivity contribution in [2.75, 3.05) is 46.5 Å². The summed E-state index contributed by atoms with van der Waals surface area (Å²) in [5.41, 5.74) is 0.106. The summed E-state index contributed by atoms with van der Waals surface area (Å²) in [6.07, 6.45) is 5.15. The Kier molecular flexibility index (Phi) is 9.15. The lowest BCUT2D eigenvalue weighted by Gasteiger charge is -2.42. The molecule has 0 radical (unpaired) electrons. The minimum absolute atomic E-state index is 0.0475. The predicted molar refractivity (Wildman–Crippen MR) is 139 cm³/mol. The molecule has 8 heteroatoms. The maximum Gasteiger partial charge on any atom is 0.217 e. The monoisotopic (exact) mass is 503 g/mol. The van der Waals surface area contributed by atoms with E-state index in [1.165, 1.54) is 19.8 Å². The van der Waals surface area contributed by atoms with Gasteiger partial charge in [-0.2, -0.15) is 0 Å². The molecule has 1 aromatic rings. The van der Waals surface area contributed by atoms with Gasteiger partial charge in [-0.15, -0.1) is 0 Å². The van der Waals surface area contributed by atoms with Crippen molar-refractivity contribution in [1.82, 2.24) is 15.1 Å². The molecule has 3 fully saturated rings. The summed E-state index contributed by atoms with van der Waals surface area (Å²) in [5, 5.41) is 14.1. The van der Waals surface area contributed by atoms with Gasteiger partial charge in [-0.3, -0.25) is 14.6 Å². The van der Waals surface area contributed by atoms with Gasteiger partial charge >= 0.3 is 0 Å². The molecule has 3 aliphatic heterocycles. The highest BCUT2D eigenvalue weighted by Crippen LogP contribution is 2.35. The van der Waals surface area contributed by atoms with Gasteiger partial charge in [0.05, 0.1) is 31.5 Å². The molecule has 0 unspecified atom stereocenters. The fourth-order valence-electron chi connectivity index (χ4n) is 5.88. The standard InChI is InChI=1S/C28H45N3O5/c1-20-9-12-30(13-10-20)14-15-35-25-8-7-22(16-26(25)34-4)18-31-11-5-6-24-23(31)17-28(3,33)27(19-36-24)29-21(2)32/h7-8,16,20,23-24,27,33H,5-6,9-15,17-19H2,1-4H3,(H,29,32)/t23-,24-,27-,28-/m1/s1. The fourth-order valence-corrected chi connectivity index (χ4v) is 5.88. The third-order valence-electron chi connectivity index (χ3n) is 8.21. The van der Waals surface area contributed by atoms with E-state index >= 15 is 0 Å². The van der Waals surface area contributed by atoms with E-state index in [0.29, 0.717) is 19.6 Å². The first-order valence-corrected chi connectivity index (χ1v) is 13.6. The summed E-state index contributed by atoms with van der Waals surface area (Å²) in [6, 6.07) is 5.87. The van der Waals surface area contributed by atoms with E-state index in [1.54, 1.807) is 7.11 Å². The van der Waals surface area contributed by atoms with E-state index < -0.39 is 11.6 Å². The number of nitrogens with zero attached hydrogens (tertiary/aromatic N) is 2. The summed E-state index contributed by atoms with van der Waals surface area (Å²) >= 11 is 0. The van der Waals surface area contributed by atoms with Crippen LogP contribution in [0.3, 0.4) is 0 Å². The zero-order chi connectivity index (χ0) is 25.7. The number of fused-ring (bicyclic) bond motifs is 1. The molecular weight excluding hydrogens is 458 g/mol. The van der Waals surface area contributed by atoms with E-state index in [2.05, 4.69) is 34.2 Å². The Morgan fingerprint density at radius 1 is 1.22 bits per heavy atom. The normalized spacial score (nSPS) is 30.3. The zero-order valence-corrected chi connectivity index (χ0v) is 22.5. The van der Waals surface area contributed by atoms with Crippen molar-refractivity contribution in [3.05, 3.63) is 23.8 Å². The highest BCUT2D eigenvalue weighted by molar-refractivity contribution is 5.73. The van der Waals surface area contributed by atoms with Crippen LogP contribution in [0.4, 0.5) is 0 Å². The average molecular weight is 504 g/mol. The van der Waals surface area contributed by atoms with Crippen molar-refractivity contribution in [2.45, 2.75) is 83.2 Å². The molecule has 3 heterocycles. The Balaban J connectivity index is 1.38. The first-order valence-electron chi connectivity index (χ1n) is 13.6. The lowest BCUT2D eigenvalue weighted by molar-refractivity contribution is -0.122. The van der Waals surface area contributed by atoms with Crippen LogP contribution in [0.5, 0.6) is 11.5 Å². The van der Waals surface area contributed by atoms with Crippen molar-refractivity contribution in [1.29, 1.82) is 0 Å². The zero-order valence-electron chi connectivity index (χ0n) is 22.5. The summed E-state index contributed by atoms with van der Waals surface area (Å²) in [4.78, 5) is 16.6. The molecule has 1 aromatic carbocycles. The summed E-state index contributed by atoms with van der Waals surface area (Å²) in [7, 11) is 1.69. The molecule has 0 saturated carbocycles. The molecule has 4 atom stereocenters. The number of carbonyl (C=O) groups is 1. The molecule has 8 nitrogen and oxygen atoms in total. The van der Waals surface area contributed by atoms with Crippen molar-refractivity contribution in [3.8, 4) is 11.5 Å². The maximum atomic E-state index is 11.7. The minimum atomic E-state index is -1.04. The molecule has 202 valence electrons. The summed E-state index contributed by atoms with van der Waals surface area (Å²) in [5.74, 6) is 2.22. The lowest BCUT2D eigenvalue weighted by atomic mass is 9.85. The van der Waals surface area contributed by atoms with Crippen LogP contribution in [0.15, 0.2) is 18.2 Å². The van der Waals surface area contributed by atoms with Gasteiger partial charge in [0, 0.05) is 26.1 Å². The second kappa shape index (κ2) is 12.1. The summed E-state index contributed by atoms with van der Waals surface area (Å²) < 4.78 is 18.0. The smallest absolute Gasteiger partial charge is 0.217 e. The molecule has 0 aliphatic carbocycles. The van der Waals surface area contributed by atoms with Crippen LogP contribution in [0, 0.1) is 5.92 Å². The van der Waals surface area contributed by atoms with Crippen molar-refractivity contribution >= 4 is 5.91 Å². The van der Waals surface area contributed by atoms with Crippen LogP contribution < -0.4 is 14.8 Å². The van der Waals surface area contributed by atoms with Gasteiger partial charge in [-0.25, -0.2) is 0 Å². The molecule has 4 rings (SSSR count). The Labute approximate surface area is 216 Å². The number of rotatable bonds is 8. The predicted octanol–water partition coefficient (Wildman–Crippen LogP) is 2.81. The lowest BCUT2D eigenvalue weighted by Crippen LogP contribution is -2.55. The van der Waals surface area contributed by atoms with Crippen molar-refractivity contribution < 1.29 is 24.1 Å². The van der Waals surface area contributed by atoms with Gasteiger partial charge in [0.25, 0.3) is 0 Å². The second-order valence-electron chi connectivity index (χ2n) is 11.2. The van der Waals surface area contributed by atoms with Gasteiger partial charge in [-0.05, 0) is 82.3 Å². The van der Waals surface area contributed by atoms with Gasteiger partial charge < -0.3 is 24.6 Å². The first kappa shape index (κ1) is 27.2. The number of carbonyl (C=O) groups excluding carboxylic acids is 1. The highest BCUT2D eigenvalue weighted by atomic mass is 16.5. The van der Waals surface area contributed by atoms with Crippen LogP contribution in [0.25, 0.3) is 0 Å². The van der Waals surface area contributed by atoms with Crippen LogP contribution in [-0.4, -0.2) is 91.1 Å². The molecule has 1 amide bonds. The van der Waals surface area contributed by atoms with E-state index in [1.807, 2.05) is 13.0 Å². The Morgan fingerprint density at radius 2 is 2.00 bits per heavy atom. The molecule has 2 N–H and O–H groups in total. The number of nitrogens with one attached hydrogen (secondary N) is 1. The molecule has 0 bridgehead atoms. The van der Waals surface area contributed by atoms with Gasteiger partial charge in [0.15, 0.2) is 11.5 Å². The van der Waals surface area contributed by atoms with Crippen LogP contribution in [-0.2, 0) is 16.1 Å². The van der Waals surface area contributed by atoms with Crippen LogP contribution >= 0.6 is 0 Å². The molecule has 3 aliphatic rings. The highest BCUT2D eigenvalue weighted by Gasteiger charge is 2.44. The largest absolute Gasteiger partial charge is 0.493 e. The number of hydrogen-bond donors (Lipinski definition) is 2. The molecule has 3 saturated heterocycles. The van der Waals surface area contributed by atoms with Crippen LogP contribution in [0.1, 0.15) is 58.4 Å². The number of benzene rings is 1. The van der Waals surface area contributed by atoms with Crippen LogP contribution in [0.2, 0.25) is 0 Å². The van der Waals surface area contributed by atoms with E-state index in [9.17, 15) is 9.90 Å². The topological polar surface area (TPSA) is 83.5 Å². The third kappa shape index (κ3) is 6.91. The van der Waals surface area contributed by atoms with Gasteiger partial charge in [0.2, 0.25) is 5.91 Å². The Morgan fingerprint density at radius 3 is 2.72 bits per heavy atom. The van der Waals surface area contributed by atoms with E-state index in [-0.39, 0.29) is 18.1 Å². The number of methoxy groups -OCH3 is 1. The second-order valence-corrected chi connectivity index (χ2v) is 11.2. The number of aliphatic hydroxyl groups is 1. The maximum absolute atomic E-state index is 11.7. The number of piperidine rings is 2. The fraction of sp³-hybridized carbons (Fsp3) is 0.750. The third-order valence-corrected chi connectivity index (χ3v) is 8.21. The molecule has 36 heavy (non-hydrogen) atoms. The molecule has 0 spiro atoms.